The van der Waals surface area contributed by atoms with Crippen molar-refractivity contribution in [3.63, 3.8) is 0 Å². The van der Waals surface area contributed by atoms with Crippen LogP contribution in [-0.2, 0) is 38.4 Å². The second kappa shape index (κ2) is 14.8. The Labute approximate surface area is 197 Å². The first-order valence-corrected chi connectivity index (χ1v) is 10.0. The number of carboxylic acids is 3. The van der Waals surface area contributed by atoms with Gasteiger partial charge in [0.15, 0.2) is 0 Å². The molecule has 0 aliphatic rings. The summed E-state index contributed by atoms with van der Waals surface area (Å²) in [6.45, 7) is 0. The molecule has 0 radical (unpaired) electrons. The molecule has 0 rings (SSSR count). The molecule has 5 amide bonds. The summed E-state index contributed by atoms with van der Waals surface area (Å²) >= 11 is 0. The lowest BCUT2D eigenvalue weighted by atomic mass is 10.1. The van der Waals surface area contributed by atoms with E-state index in [1.165, 1.54) is 0 Å². The van der Waals surface area contributed by atoms with Crippen molar-refractivity contribution in [2.24, 2.45) is 17.2 Å². The van der Waals surface area contributed by atoms with Gasteiger partial charge in [0, 0.05) is 12.8 Å². The Hall–Kier alpha value is -4.28. The Morgan fingerprint density at radius 3 is 1.51 bits per heavy atom. The first-order valence-electron chi connectivity index (χ1n) is 10.0. The van der Waals surface area contributed by atoms with Crippen LogP contribution in [0.4, 0.5) is 0 Å². The summed E-state index contributed by atoms with van der Waals surface area (Å²) in [5.74, 6) is -9.79. The van der Waals surface area contributed by atoms with Gasteiger partial charge in [0.2, 0.25) is 29.5 Å². The molecular weight excluding hydrogens is 476 g/mol. The molecule has 196 valence electrons. The molecule has 0 heterocycles. The third-order valence-corrected chi connectivity index (χ3v) is 4.35. The molecule has 4 unspecified atom stereocenters. The third kappa shape index (κ3) is 13.1. The number of carbonyl (C=O) groups excluding carboxylic acids is 5. The summed E-state index contributed by atoms with van der Waals surface area (Å²) in [5, 5.41) is 32.9. The van der Waals surface area contributed by atoms with Crippen molar-refractivity contribution in [3.8, 4) is 0 Å². The lowest BCUT2D eigenvalue weighted by Gasteiger charge is -2.24. The van der Waals surface area contributed by atoms with Gasteiger partial charge in [0.1, 0.15) is 18.1 Å². The van der Waals surface area contributed by atoms with Crippen LogP contribution in [0.25, 0.3) is 0 Å². The number of rotatable bonds is 17. The van der Waals surface area contributed by atoms with Crippen molar-refractivity contribution >= 4 is 47.4 Å². The van der Waals surface area contributed by atoms with E-state index in [0.29, 0.717) is 0 Å². The van der Waals surface area contributed by atoms with Gasteiger partial charge in [-0.05, 0) is 12.8 Å². The van der Waals surface area contributed by atoms with Gasteiger partial charge < -0.3 is 48.5 Å². The summed E-state index contributed by atoms with van der Waals surface area (Å²) in [6, 6.07) is -6.60. The van der Waals surface area contributed by atoms with E-state index in [1.54, 1.807) is 0 Å². The van der Waals surface area contributed by atoms with E-state index in [2.05, 4.69) is 5.32 Å². The third-order valence-electron chi connectivity index (χ3n) is 4.35. The van der Waals surface area contributed by atoms with Crippen LogP contribution in [0, 0.1) is 0 Å². The Morgan fingerprint density at radius 2 is 1.09 bits per heavy atom. The van der Waals surface area contributed by atoms with Crippen LogP contribution in [-0.4, -0.2) is 86.9 Å². The molecule has 17 heteroatoms. The number of nitrogens with two attached hydrogens (primary N) is 3. The van der Waals surface area contributed by atoms with Crippen molar-refractivity contribution in [1.29, 1.82) is 0 Å². The molecule has 0 spiro atoms. The fourth-order valence-corrected chi connectivity index (χ4v) is 2.57. The summed E-state index contributed by atoms with van der Waals surface area (Å²) in [6.07, 6.45) is -3.42. The number of aliphatic carboxylic acids is 3. The highest BCUT2D eigenvalue weighted by Gasteiger charge is 2.32. The summed E-state index contributed by atoms with van der Waals surface area (Å²) in [4.78, 5) is 92.5. The maximum atomic E-state index is 12.6. The second-order valence-corrected chi connectivity index (χ2v) is 7.33. The van der Waals surface area contributed by atoms with Crippen LogP contribution in [0.2, 0.25) is 0 Å². The van der Waals surface area contributed by atoms with Crippen LogP contribution in [0.1, 0.15) is 38.5 Å². The highest BCUT2D eigenvalue weighted by molar-refractivity contribution is 5.97. The van der Waals surface area contributed by atoms with Crippen molar-refractivity contribution in [2.75, 3.05) is 0 Å². The van der Waals surface area contributed by atoms with Gasteiger partial charge in [0.05, 0.1) is 18.9 Å². The van der Waals surface area contributed by atoms with Crippen molar-refractivity contribution < 1.29 is 53.7 Å². The monoisotopic (exact) mass is 504 g/mol. The normalized spacial score (nSPS) is 13.9. The lowest BCUT2D eigenvalue weighted by Crippen LogP contribution is -2.58. The molecule has 35 heavy (non-hydrogen) atoms. The average molecular weight is 504 g/mol. The zero-order valence-electron chi connectivity index (χ0n) is 18.4. The van der Waals surface area contributed by atoms with E-state index in [-0.39, 0.29) is 6.42 Å². The van der Waals surface area contributed by atoms with Crippen LogP contribution < -0.4 is 33.2 Å². The second-order valence-electron chi connectivity index (χ2n) is 7.33. The fraction of sp³-hybridized carbons (Fsp3) is 0.556. The van der Waals surface area contributed by atoms with Gasteiger partial charge >= 0.3 is 17.9 Å². The number of hydrogen-bond acceptors (Lipinski definition) is 9. The smallest absolute Gasteiger partial charge is 0.326 e. The Balaban J connectivity index is 5.53. The number of nitrogens with one attached hydrogen (secondary N) is 3. The quantitative estimate of drug-likeness (QED) is 0.0902. The molecule has 4 atom stereocenters. The van der Waals surface area contributed by atoms with Gasteiger partial charge in [0.25, 0.3) is 0 Å². The average Bonchev–Trinajstić information content (AvgIpc) is 2.72. The molecule has 12 N–H and O–H groups in total. The molecule has 0 aliphatic carbocycles. The van der Waals surface area contributed by atoms with Crippen LogP contribution >= 0.6 is 0 Å². The van der Waals surface area contributed by atoms with E-state index in [4.69, 9.17) is 27.4 Å². The zero-order valence-corrected chi connectivity index (χ0v) is 18.4. The first kappa shape index (κ1) is 30.7. The van der Waals surface area contributed by atoms with Gasteiger partial charge in [-0.1, -0.05) is 0 Å². The SMILES string of the molecule is NC(=O)CCC(NC(=O)C(CC(=O)O)NC(=O)C(CC(N)=O)NC(=O)C(N)CCC(=O)O)C(=O)O. The highest BCUT2D eigenvalue weighted by atomic mass is 16.4. The molecule has 0 aromatic heterocycles. The molecule has 0 bridgehead atoms. The zero-order chi connectivity index (χ0) is 27.3. The predicted octanol–water partition coefficient (Wildman–Crippen LogP) is -4.67. The number of amides is 5. The summed E-state index contributed by atoms with van der Waals surface area (Å²) in [7, 11) is 0. The van der Waals surface area contributed by atoms with Crippen molar-refractivity contribution in [3.05, 3.63) is 0 Å². The van der Waals surface area contributed by atoms with Gasteiger partial charge in [-0.2, -0.15) is 0 Å². The van der Waals surface area contributed by atoms with Crippen molar-refractivity contribution in [1.82, 2.24) is 16.0 Å². The standard InChI is InChI=1S/C18H28N6O11/c19-7(1-4-13(27)28)15(31)23-9(5-12(21)26)16(32)24-10(6-14(29)30)17(33)22-8(18(34)35)2-3-11(20)25/h7-10H,1-6,19H2,(H2,20,25)(H2,21,26)(H,22,33)(H,23,31)(H,24,32)(H,27,28)(H,29,30)(H,34,35). The largest absolute Gasteiger partial charge is 0.481 e. The minimum atomic E-state index is -1.86. The number of carboxylic acid groups (broad SMARTS) is 3. The predicted molar refractivity (Wildman–Crippen MR) is 113 cm³/mol. The molecular formula is C18H28N6O11. The van der Waals surface area contributed by atoms with E-state index in [9.17, 15) is 43.5 Å². The lowest BCUT2D eigenvalue weighted by molar-refractivity contribution is -0.144. The van der Waals surface area contributed by atoms with Crippen molar-refractivity contribution in [2.45, 2.75) is 62.7 Å². The van der Waals surface area contributed by atoms with E-state index in [1.807, 2.05) is 10.6 Å². The van der Waals surface area contributed by atoms with E-state index < -0.39 is 104 Å². The Kier molecular flexibility index (Phi) is 13.0. The first-order chi connectivity index (χ1) is 16.1. The van der Waals surface area contributed by atoms with Gasteiger partial charge in [-0.15, -0.1) is 0 Å². The highest BCUT2D eigenvalue weighted by Crippen LogP contribution is 2.03. The summed E-state index contributed by atoms with van der Waals surface area (Å²) < 4.78 is 0. The Morgan fingerprint density at radius 1 is 0.600 bits per heavy atom. The van der Waals surface area contributed by atoms with Gasteiger partial charge in [-0.3, -0.25) is 33.6 Å². The minimum Gasteiger partial charge on any atom is -0.481 e. The molecule has 0 aromatic carbocycles. The molecule has 17 nitrogen and oxygen atoms in total. The maximum absolute atomic E-state index is 12.6. The summed E-state index contributed by atoms with van der Waals surface area (Å²) in [5.41, 5.74) is 15.5. The molecule has 0 aromatic rings. The van der Waals surface area contributed by atoms with E-state index in [0.717, 1.165) is 0 Å². The Bertz CT molecular complexity index is 862. The molecule has 0 aliphatic heterocycles. The number of hydrogen-bond donors (Lipinski definition) is 9. The molecule has 0 fully saturated rings. The molecule has 0 saturated heterocycles. The van der Waals surface area contributed by atoms with Gasteiger partial charge in [-0.25, -0.2) is 4.79 Å². The van der Waals surface area contributed by atoms with E-state index >= 15 is 0 Å². The van der Waals surface area contributed by atoms with Crippen LogP contribution in [0.3, 0.4) is 0 Å². The number of carbonyl (C=O) groups is 8. The number of primary amides is 2. The van der Waals surface area contributed by atoms with Crippen LogP contribution in [0.15, 0.2) is 0 Å². The topological polar surface area (TPSA) is 311 Å². The maximum Gasteiger partial charge on any atom is 0.326 e. The minimum absolute atomic E-state index is 0.308. The fourth-order valence-electron chi connectivity index (χ4n) is 2.57. The molecule has 0 saturated carbocycles. The van der Waals surface area contributed by atoms with Crippen LogP contribution in [0.5, 0.6) is 0 Å².